The van der Waals surface area contributed by atoms with Crippen LogP contribution in [0.1, 0.15) is 129 Å². The molecule has 2 aromatic heterocycles. The van der Waals surface area contributed by atoms with E-state index in [0.29, 0.717) is 42.5 Å². The number of fused-ring (bicyclic) bond motifs is 2. The number of carbonyl (C=O) groups is 2. The average molecular weight is 932 g/mol. The van der Waals surface area contributed by atoms with Crippen LogP contribution in [0.15, 0.2) is 111 Å². The molecule has 2 fully saturated rings. The average Bonchev–Trinajstić information content (AvgIpc) is 3.31. The fourth-order valence-electron chi connectivity index (χ4n) is 9.74. The van der Waals surface area contributed by atoms with E-state index in [1.165, 1.54) is 81.3 Å². The number of benzene rings is 2. The molecule has 2 amide bonds. The second kappa shape index (κ2) is 23.3. The molecule has 2 saturated heterocycles. The molecule has 2 unspecified atom stereocenters. The van der Waals surface area contributed by atoms with Gasteiger partial charge in [-0.25, -0.2) is 20.0 Å². The first-order chi connectivity index (χ1) is 31.9. The third kappa shape index (κ3) is 13.2. The smallest absolute Gasteiger partial charge is 0.262 e. The number of thioether (sulfide) groups is 2. The van der Waals surface area contributed by atoms with Crippen molar-refractivity contribution >= 4 is 58.4 Å². The summed E-state index contributed by atoms with van der Waals surface area (Å²) in [4.78, 5) is 54.2. The Morgan fingerprint density at radius 3 is 1.59 bits per heavy atom. The number of carbonyl (C=O) groups excluding carboxylic acids is 2. The maximum atomic E-state index is 13.4. The normalized spacial score (nSPS) is 25.7. The lowest BCUT2D eigenvalue weighted by Gasteiger charge is -2.39. The van der Waals surface area contributed by atoms with Gasteiger partial charge in [0.05, 0.1) is 11.4 Å². The topological polar surface area (TPSA) is 180 Å². The Bertz CT molecular complexity index is 2120. The molecule has 352 valence electrons. The summed E-state index contributed by atoms with van der Waals surface area (Å²) in [5.74, 6) is 0.779. The van der Waals surface area contributed by atoms with E-state index in [4.69, 9.17) is 11.5 Å². The molecule has 13 nitrogen and oxygen atoms in total. The predicted molar refractivity (Wildman–Crippen MR) is 271 cm³/mol. The van der Waals surface area contributed by atoms with Crippen LogP contribution in [0.2, 0.25) is 0 Å². The Morgan fingerprint density at radius 2 is 1.11 bits per heavy atom. The van der Waals surface area contributed by atoms with Gasteiger partial charge in [-0.3, -0.25) is 14.6 Å². The minimum atomic E-state index is -0.629. The molecule has 6 heterocycles. The standard InChI is InChI=1S/C26H35N5OS.C25H34N6OS/c1-19-11-10-16-26(2,30-19)15-7-3-9-18-31-21-13-4-5-14-22(21)33-24(25(31)32)29-23(27)20-12-6-8-17-28-20;1-18-10-8-14-25(2,30-18)13-6-3-7-17-31-19-11-4-5-12-20(19)33-23(24(31)32)29-21(26)22-27-15-9-16-28-22/h4-6,8,12-14,17,19,24,30H,3,7,9-11,15-16,18H2,1-2H3,(H2,27,29);4-5,9,11-12,15-16,18,23,30H,3,6-8,10,13-14,17H2,1-2H3,(H2,26,29)/t19-,24?,26+;18-,23?,25+/m00/s1. The first-order valence-corrected chi connectivity index (χ1v) is 25.7. The van der Waals surface area contributed by atoms with E-state index in [1.54, 1.807) is 24.7 Å². The molecule has 6 N–H and O–H groups in total. The molecule has 0 aliphatic carbocycles. The molecule has 0 radical (unpaired) electrons. The number of rotatable bonds is 16. The largest absolute Gasteiger partial charge is 0.382 e. The predicted octanol–water partition coefficient (Wildman–Crippen LogP) is 8.86. The number of nitrogens with two attached hydrogens (primary N) is 2. The Morgan fingerprint density at radius 1 is 0.636 bits per heavy atom. The number of hydrogen-bond donors (Lipinski definition) is 4. The minimum absolute atomic E-state index is 0.00712. The molecule has 8 rings (SSSR count). The van der Waals surface area contributed by atoms with Gasteiger partial charge in [0.15, 0.2) is 22.4 Å². The van der Waals surface area contributed by atoms with Crippen LogP contribution < -0.4 is 31.9 Å². The van der Waals surface area contributed by atoms with Gasteiger partial charge in [-0.15, -0.1) is 0 Å². The Kier molecular flexibility index (Phi) is 17.3. The van der Waals surface area contributed by atoms with Crippen molar-refractivity contribution in [2.45, 2.75) is 161 Å². The minimum Gasteiger partial charge on any atom is -0.382 e. The molecule has 6 atom stereocenters. The fraction of sp³-hybridized carbons (Fsp3) is 0.510. The highest BCUT2D eigenvalue weighted by Gasteiger charge is 2.36. The Labute approximate surface area is 400 Å². The van der Waals surface area contributed by atoms with E-state index < -0.39 is 10.7 Å². The number of nitrogens with zero attached hydrogens (tertiary/aromatic N) is 7. The summed E-state index contributed by atoms with van der Waals surface area (Å²) in [6.07, 6.45) is 21.4. The van der Waals surface area contributed by atoms with Gasteiger partial charge in [-0.1, -0.05) is 92.4 Å². The van der Waals surface area contributed by atoms with Crippen molar-refractivity contribution in [1.29, 1.82) is 0 Å². The maximum absolute atomic E-state index is 13.4. The Hall–Kier alpha value is -4.83. The highest BCUT2D eigenvalue weighted by molar-refractivity contribution is 8.01. The number of pyridine rings is 1. The van der Waals surface area contributed by atoms with Crippen LogP contribution in [0.4, 0.5) is 11.4 Å². The molecule has 2 aromatic carbocycles. The summed E-state index contributed by atoms with van der Waals surface area (Å²) >= 11 is 2.89. The molecule has 66 heavy (non-hydrogen) atoms. The van der Waals surface area contributed by atoms with E-state index in [0.717, 1.165) is 53.3 Å². The van der Waals surface area contributed by atoms with Gasteiger partial charge in [-0.2, -0.15) is 0 Å². The summed E-state index contributed by atoms with van der Waals surface area (Å²) in [7, 11) is 0. The van der Waals surface area contributed by atoms with E-state index in [9.17, 15) is 9.59 Å². The van der Waals surface area contributed by atoms with Crippen molar-refractivity contribution in [3.63, 3.8) is 0 Å². The Balaban J connectivity index is 0.000000196. The zero-order valence-electron chi connectivity index (χ0n) is 39.2. The number of aliphatic imine (C=N–C) groups is 2. The first-order valence-electron chi connectivity index (χ1n) is 24.0. The number of amides is 2. The monoisotopic (exact) mass is 932 g/mol. The number of amidine groups is 2. The number of aromatic nitrogens is 3. The zero-order valence-corrected chi connectivity index (χ0v) is 40.8. The van der Waals surface area contributed by atoms with Crippen molar-refractivity contribution in [1.82, 2.24) is 25.6 Å². The molecule has 0 bridgehead atoms. The lowest BCUT2D eigenvalue weighted by molar-refractivity contribution is -0.118. The number of piperidine rings is 2. The lowest BCUT2D eigenvalue weighted by Crippen LogP contribution is -2.50. The molecule has 0 spiro atoms. The van der Waals surface area contributed by atoms with Crippen molar-refractivity contribution < 1.29 is 9.59 Å². The highest BCUT2D eigenvalue weighted by Crippen LogP contribution is 2.41. The van der Waals surface area contributed by atoms with Gasteiger partial charge in [0.2, 0.25) is 0 Å². The first kappa shape index (κ1) is 49.1. The molecule has 0 saturated carbocycles. The highest BCUT2D eigenvalue weighted by atomic mass is 32.2. The van der Waals surface area contributed by atoms with Crippen LogP contribution in [0.3, 0.4) is 0 Å². The SMILES string of the molecule is C[C@H]1CCC[C@@](C)(CCCCCN2C(=O)C(N=C(N)c3ccccn3)Sc3ccccc32)N1.C[C@H]1CCC[C@@](C)(CCCCCN2C(=O)C(N=C(N)c3ncccn3)Sc3ccccc32)N1. The summed E-state index contributed by atoms with van der Waals surface area (Å²) < 4.78 is 0. The quantitative estimate of drug-likeness (QED) is 0.0479. The molecular formula is C51H69N11O2S2. The zero-order chi connectivity index (χ0) is 46.5. The summed E-state index contributed by atoms with van der Waals surface area (Å²) in [6.45, 7) is 10.7. The van der Waals surface area contributed by atoms with E-state index in [2.05, 4.69) is 69.3 Å². The van der Waals surface area contributed by atoms with Gasteiger partial charge in [-0.05, 0) is 122 Å². The number of para-hydroxylation sites is 2. The van der Waals surface area contributed by atoms with E-state index in [1.807, 2.05) is 70.5 Å². The summed E-state index contributed by atoms with van der Waals surface area (Å²) in [5, 5.41) is 6.36. The van der Waals surface area contributed by atoms with Crippen molar-refractivity contribution in [3.8, 4) is 0 Å². The van der Waals surface area contributed by atoms with Gasteiger partial charge >= 0.3 is 0 Å². The molecular weight excluding hydrogens is 863 g/mol. The van der Waals surface area contributed by atoms with Gasteiger partial charge in [0.25, 0.3) is 11.8 Å². The number of unbranched alkanes of at least 4 members (excludes halogenated alkanes) is 4. The fourth-order valence-corrected chi connectivity index (χ4v) is 11.9. The van der Waals surface area contributed by atoms with Gasteiger partial charge in [0, 0.05) is 64.6 Å². The van der Waals surface area contributed by atoms with Crippen LogP contribution in [0.25, 0.3) is 0 Å². The lowest BCUT2D eigenvalue weighted by atomic mass is 9.84. The third-order valence-corrected chi connectivity index (χ3v) is 15.4. The molecule has 15 heteroatoms. The van der Waals surface area contributed by atoms with Crippen molar-refractivity contribution in [2.24, 2.45) is 21.5 Å². The maximum Gasteiger partial charge on any atom is 0.262 e. The van der Waals surface area contributed by atoms with E-state index >= 15 is 0 Å². The molecule has 4 aliphatic heterocycles. The molecule has 4 aliphatic rings. The summed E-state index contributed by atoms with van der Waals surface area (Å²) in [6, 6.07) is 24.5. The van der Waals surface area contributed by atoms with Crippen LogP contribution in [-0.4, -0.2) is 85.4 Å². The van der Waals surface area contributed by atoms with Crippen molar-refractivity contribution in [3.05, 3.63) is 103 Å². The van der Waals surface area contributed by atoms with Crippen LogP contribution in [-0.2, 0) is 9.59 Å². The third-order valence-electron chi connectivity index (χ3n) is 13.1. The number of nitrogens with one attached hydrogen (secondary N) is 2. The molecule has 4 aromatic rings. The number of hydrogen-bond acceptors (Lipinski definition) is 11. The van der Waals surface area contributed by atoms with Crippen LogP contribution in [0.5, 0.6) is 0 Å². The van der Waals surface area contributed by atoms with E-state index in [-0.39, 0.29) is 28.7 Å². The van der Waals surface area contributed by atoms with Crippen molar-refractivity contribution in [2.75, 3.05) is 22.9 Å². The van der Waals surface area contributed by atoms with Crippen LogP contribution in [0, 0.1) is 0 Å². The second-order valence-electron chi connectivity index (χ2n) is 18.8. The summed E-state index contributed by atoms with van der Waals surface area (Å²) in [5.41, 5.74) is 15.3. The second-order valence-corrected chi connectivity index (χ2v) is 21.0. The van der Waals surface area contributed by atoms with Gasteiger partial charge in [0.1, 0.15) is 11.5 Å². The van der Waals surface area contributed by atoms with Crippen LogP contribution >= 0.6 is 23.5 Å². The number of anilines is 2. The van der Waals surface area contributed by atoms with Gasteiger partial charge < -0.3 is 31.9 Å².